The van der Waals surface area contributed by atoms with Crippen molar-refractivity contribution in [1.82, 2.24) is 9.62 Å². The quantitative estimate of drug-likeness (QED) is 0.569. The minimum absolute atomic E-state index is 0.0587. The van der Waals surface area contributed by atoms with Crippen LogP contribution < -0.4 is 5.32 Å². The van der Waals surface area contributed by atoms with Gasteiger partial charge in [0.25, 0.3) is 0 Å². The van der Waals surface area contributed by atoms with Crippen LogP contribution in [-0.2, 0) is 14.8 Å². The Morgan fingerprint density at radius 3 is 2.44 bits per heavy atom. The monoisotopic (exact) mass is 404 g/mol. The molecule has 3 rings (SSSR count). The van der Waals surface area contributed by atoms with Crippen LogP contribution in [0.4, 0.5) is 0 Å². The molecule has 1 atom stereocenters. The predicted molar refractivity (Wildman–Crippen MR) is 108 cm³/mol. The second-order valence-corrected chi connectivity index (χ2v) is 9.57. The molecular formula is C20H24N2O3S2. The Balaban J connectivity index is 1.51. The van der Waals surface area contributed by atoms with Gasteiger partial charge in [0.1, 0.15) is 0 Å². The SMILES string of the molecule is O=C(NCCSc1ccccc1)C1CCCN(S(=O)(=O)c2ccccc2)C1. The van der Waals surface area contributed by atoms with Gasteiger partial charge in [-0.3, -0.25) is 4.79 Å². The first kappa shape index (κ1) is 19.9. The molecule has 1 unspecified atom stereocenters. The highest BCUT2D eigenvalue weighted by atomic mass is 32.2. The number of sulfonamides is 1. The van der Waals surface area contributed by atoms with Gasteiger partial charge in [0, 0.05) is 30.3 Å². The van der Waals surface area contributed by atoms with Crippen LogP contribution in [0.15, 0.2) is 70.5 Å². The standard InChI is InChI=1S/C20H24N2O3S2/c23-20(21-13-15-26-18-9-3-1-4-10-18)17-8-7-14-22(16-17)27(24,25)19-11-5-2-6-12-19/h1-6,9-12,17H,7-8,13-16H2,(H,21,23). The summed E-state index contributed by atoms with van der Waals surface area (Å²) < 4.78 is 27.0. The Labute approximate surface area is 165 Å². The smallest absolute Gasteiger partial charge is 0.243 e. The van der Waals surface area contributed by atoms with Crippen molar-refractivity contribution >= 4 is 27.7 Å². The molecule has 1 saturated heterocycles. The summed E-state index contributed by atoms with van der Waals surface area (Å²) in [5.74, 6) is 0.435. The summed E-state index contributed by atoms with van der Waals surface area (Å²) in [6, 6.07) is 18.5. The van der Waals surface area contributed by atoms with Crippen molar-refractivity contribution in [3.05, 3.63) is 60.7 Å². The van der Waals surface area contributed by atoms with Crippen molar-refractivity contribution in [3.8, 4) is 0 Å². The lowest BCUT2D eigenvalue weighted by Crippen LogP contribution is -2.45. The number of hydrogen-bond donors (Lipinski definition) is 1. The maximum atomic E-state index is 12.8. The zero-order valence-electron chi connectivity index (χ0n) is 15.1. The van der Waals surface area contributed by atoms with Crippen molar-refractivity contribution in [3.63, 3.8) is 0 Å². The van der Waals surface area contributed by atoms with Crippen LogP contribution >= 0.6 is 11.8 Å². The third kappa shape index (κ3) is 5.34. The molecule has 0 aromatic heterocycles. The second-order valence-electron chi connectivity index (χ2n) is 6.47. The highest BCUT2D eigenvalue weighted by Crippen LogP contribution is 2.24. The Morgan fingerprint density at radius 2 is 1.74 bits per heavy atom. The molecule has 1 N–H and O–H groups in total. The molecule has 27 heavy (non-hydrogen) atoms. The number of benzene rings is 2. The summed E-state index contributed by atoms with van der Waals surface area (Å²) in [5, 5.41) is 2.95. The summed E-state index contributed by atoms with van der Waals surface area (Å²) in [6.07, 6.45) is 1.42. The number of carbonyl (C=O) groups excluding carboxylic acids is 1. The van der Waals surface area contributed by atoms with E-state index < -0.39 is 10.0 Å². The van der Waals surface area contributed by atoms with Crippen molar-refractivity contribution in [1.29, 1.82) is 0 Å². The predicted octanol–water partition coefficient (Wildman–Crippen LogP) is 3.00. The van der Waals surface area contributed by atoms with Crippen LogP contribution in [0.1, 0.15) is 12.8 Å². The largest absolute Gasteiger partial charge is 0.355 e. The van der Waals surface area contributed by atoms with Crippen LogP contribution in [0.2, 0.25) is 0 Å². The Kier molecular flexibility index (Phi) is 6.93. The van der Waals surface area contributed by atoms with E-state index >= 15 is 0 Å². The highest BCUT2D eigenvalue weighted by molar-refractivity contribution is 7.99. The zero-order chi connectivity index (χ0) is 19.1. The average molecular weight is 405 g/mol. The molecule has 144 valence electrons. The number of thioether (sulfide) groups is 1. The molecule has 1 aliphatic heterocycles. The van der Waals surface area contributed by atoms with Crippen molar-refractivity contribution < 1.29 is 13.2 Å². The molecule has 0 saturated carbocycles. The molecule has 0 aliphatic carbocycles. The number of hydrogen-bond acceptors (Lipinski definition) is 4. The molecule has 1 heterocycles. The Hall–Kier alpha value is -1.83. The Morgan fingerprint density at radius 1 is 1.07 bits per heavy atom. The number of piperidine rings is 1. The van der Waals surface area contributed by atoms with Gasteiger partial charge < -0.3 is 5.32 Å². The van der Waals surface area contributed by atoms with E-state index in [-0.39, 0.29) is 23.3 Å². The summed E-state index contributed by atoms with van der Waals surface area (Å²) in [5.41, 5.74) is 0. The first-order chi connectivity index (χ1) is 13.1. The molecular weight excluding hydrogens is 380 g/mol. The molecule has 1 amide bonds. The van der Waals surface area contributed by atoms with Crippen molar-refractivity contribution in [2.45, 2.75) is 22.6 Å². The van der Waals surface area contributed by atoms with Gasteiger partial charge in [-0.15, -0.1) is 11.8 Å². The molecule has 5 nitrogen and oxygen atoms in total. The summed E-state index contributed by atoms with van der Waals surface area (Å²) in [6.45, 7) is 1.28. The third-order valence-electron chi connectivity index (χ3n) is 4.55. The first-order valence-corrected chi connectivity index (χ1v) is 11.5. The van der Waals surface area contributed by atoms with Gasteiger partial charge >= 0.3 is 0 Å². The van der Waals surface area contributed by atoms with Crippen LogP contribution in [-0.4, -0.2) is 44.0 Å². The van der Waals surface area contributed by atoms with E-state index in [1.54, 1.807) is 42.1 Å². The molecule has 0 radical (unpaired) electrons. The van der Waals surface area contributed by atoms with Gasteiger partial charge in [-0.1, -0.05) is 36.4 Å². The van der Waals surface area contributed by atoms with E-state index in [0.717, 1.165) is 12.2 Å². The summed E-state index contributed by atoms with van der Waals surface area (Å²) in [4.78, 5) is 13.9. The van der Waals surface area contributed by atoms with Crippen LogP contribution in [0.25, 0.3) is 0 Å². The number of carbonyl (C=O) groups is 1. The molecule has 0 bridgehead atoms. The maximum Gasteiger partial charge on any atom is 0.243 e. The fourth-order valence-electron chi connectivity index (χ4n) is 3.12. The van der Waals surface area contributed by atoms with Crippen LogP contribution in [0.5, 0.6) is 0 Å². The van der Waals surface area contributed by atoms with Crippen molar-refractivity contribution in [2.75, 3.05) is 25.4 Å². The van der Waals surface area contributed by atoms with E-state index in [1.807, 2.05) is 30.3 Å². The van der Waals surface area contributed by atoms with Crippen molar-refractivity contribution in [2.24, 2.45) is 5.92 Å². The van der Waals surface area contributed by atoms with E-state index in [4.69, 9.17) is 0 Å². The molecule has 2 aromatic carbocycles. The van der Waals surface area contributed by atoms with Gasteiger partial charge in [-0.05, 0) is 37.1 Å². The topological polar surface area (TPSA) is 66.5 Å². The number of rotatable bonds is 7. The van der Waals surface area contributed by atoms with E-state index in [1.165, 1.54) is 9.20 Å². The van der Waals surface area contributed by atoms with Crippen LogP contribution in [0, 0.1) is 5.92 Å². The third-order valence-corrected chi connectivity index (χ3v) is 7.44. The normalized spacial score (nSPS) is 18.1. The zero-order valence-corrected chi connectivity index (χ0v) is 16.7. The fraction of sp³-hybridized carbons (Fsp3) is 0.350. The lowest BCUT2D eigenvalue weighted by atomic mass is 9.99. The number of amides is 1. The summed E-state index contributed by atoms with van der Waals surface area (Å²) >= 11 is 1.69. The fourth-order valence-corrected chi connectivity index (χ4v) is 5.45. The number of nitrogens with zero attached hydrogens (tertiary/aromatic N) is 1. The van der Waals surface area contributed by atoms with E-state index in [9.17, 15) is 13.2 Å². The lowest BCUT2D eigenvalue weighted by Gasteiger charge is -2.31. The number of nitrogens with one attached hydrogen (secondary N) is 1. The maximum absolute atomic E-state index is 12.8. The van der Waals surface area contributed by atoms with Gasteiger partial charge in [-0.2, -0.15) is 4.31 Å². The second kappa shape index (κ2) is 9.39. The molecule has 1 aliphatic rings. The average Bonchev–Trinajstić information content (AvgIpc) is 2.72. The minimum Gasteiger partial charge on any atom is -0.355 e. The minimum atomic E-state index is -3.54. The Bertz CT molecular complexity index is 842. The molecule has 1 fully saturated rings. The molecule has 0 spiro atoms. The van der Waals surface area contributed by atoms with Gasteiger partial charge in [0.2, 0.25) is 15.9 Å². The van der Waals surface area contributed by atoms with Gasteiger partial charge in [0.05, 0.1) is 10.8 Å². The lowest BCUT2D eigenvalue weighted by molar-refractivity contribution is -0.125. The first-order valence-electron chi connectivity index (χ1n) is 9.08. The molecule has 2 aromatic rings. The summed E-state index contributed by atoms with van der Waals surface area (Å²) in [7, 11) is -3.54. The van der Waals surface area contributed by atoms with Gasteiger partial charge in [-0.25, -0.2) is 8.42 Å². The van der Waals surface area contributed by atoms with E-state index in [0.29, 0.717) is 19.5 Å². The van der Waals surface area contributed by atoms with Gasteiger partial charge in [0.15, 0.2) is 0 Å². The van der Waals surface area contributed by atoms with Crippen LogP contribution in [0.3, 0.4) is 0 Å². The molecule has 7 heteroatoms. The van der Waals surface area contributed by atoms with E-state index in [2.05, 4.69) is 5.32 Å². The highest BCUT2D eigenvalue weighted by Gasteiger charge is 2.33.